The average molecular weight is 297 g/mol. The molecule has 0 aliphatic rings. The van der Waals surface area contributed by atoms with Crippen LogP contribution in [0.3, 0.4) is 0 Å². The van der Waals surface area contributed by atoms with Gasteiger partial charge in [-0.2, -0.15) is 5.10 Å². The molecular weight excluding hydrogens is 285 g/mol. The van der Waals surface area contributed by atoms with E-state index in [4.69, 9.17) is 0 Å². The van der Waals surface area contributed by atoms with Gasteiger partial charge in [-0.25, -0.2) is 4.39 Å². The maximum absolute atomic E-state index is 13.2. The van der Waals surface area contributed by atoms with Crippen molar-refractivity contribution in [2.24, 2.45) is 0 Å². The monoisotopic (exact) mass is 297 g/mol. The number of hydrogen-bond donors (Lipinski definition) is 0. The van der Waals surface area contributed by atoms with Crippen LogP contribution in [0.4, 0.5) is 10.1 Å². The molecule has 6 heteroatoms. The first kappa shape index (κ1) is 13.9. The largest absolute Gasteiger partial charge is 0.274 e. The molecule has 2 aromatic carbocycles. The topological polar surface area (TPSA) is 61.0 Å². The van der Waals surface area contributed by atoms with E-state index in [-0.39, 0.29) is 18.0 Å². The van der Waals surface area contributed by atoms with Gasteiger partial charge in [-0.15, -0.1) is 0 Å². The third kappa shape index (κ3) is 2.85. The van der Waals surface area contributed by atoms with Crippen LogP contribution in [0.1, 0.15) is 5.56 Å². The van der Waals surface area contributed by atoms with Crippen LogP contribution in [0, 0.1) is 15.9 Å². The molecule has 1 heterocycles. The minimum atomic E-state index is -0.410. The first-order valence-electron chi connectivity index (χ1n) is 6.64. The molecule has 0 amide bonds. The lowest BCUT2D eigenvalue weighted by atomic mass is 10.1. The van der Waals surface area contributed by atoms with Crippen LogP contribution in [-0.2, 0) is 6.54 Å². The van der Waals surface area contributed by atoms with Crippen LogP contribution >= 0.6 is 0 Å². The molecule has 5 nitrogen and oxygen atoms in total. The molecule has 0 aliphatic carbocycles. The van der Waals surface area contributed by atoms with Gasteiger partial charge in [0.05, 0.1) is 23.2 Å². The van der Waals surface area contributed by atoms with Gasteiger partial charge < -0.3 is 0 Å². The third-order valence-electron chi connectivity index (χ3n) is 3.31. The summed E-state index contributed by atoms with van der Waals surface area (Å²) in [5.74, 6) is -0.316. The predicted octanol–water partition coefficient (Wildman–Crippen LogP) is 3.65. The number of para-hydroxylation sites is 1. The number of nitro benzene ring substituents is 1. The van der Waals surface area contributed by atoms with E-state index in [0.29, 0.717) is 11.1 Å². The zero-order valence-corrected chi connectivity index (χ0v) is 11.5. The molecular formula is C16H12FN3O2. The molecule has 0 aliphatic heterocycles. The number of hydrogen-bond acceptors (Lipinski definition) is 3. The standard InChI is InChI=1S/C16H12FN3O2/c17-15-6-3-5-12(8-15)14-9-18-19(11-14)10-13-4-1-2-7-16(13)20(21)22/h1-9,11H,10H2. The summed E-state index contributed by atoms with van der Waals surface area (Å²) in [5.41, 5.74) is 2.11. The van der Waals surface area contributed by atoms with E-state index < -0.39 is 4.92 Å². The smallest absolute Gasteiger partial charge is 0.267 e. The fourth-order valence-corrected chi connectivity index (χ4v) is 2.26. The van der Waals surface area contributed by atoms with E-state index in [2.05, 4.69) is 5.10 Å². The Balaban J connectivity index is 1.88. The first-order valence-corrected chi connectivity index (χ1v) is 6.64. The quantitative estimate of drug-likeness (QED) is 0.545. The minimum Gasteiger partial charge on any atom is -0.267 e. The van der Waals surface area contributed by atoms with Crippen LogP contribution in [0.25, 0.3) is 11.1 Å². The van der Waals surface area contributed by atoms with Gasteiger partial charge in [-0.3, -0.25) is 14.8 Å². The third-order valence-corrected chi connectivity index (χ3v) is 3.31. The lowest BCUT2D eigenvalue weighted by molar-refractivity contribution is -0.385. The van der Waals surface area contributed by atoms with Crippen LogP contribution < -0.4 is 0 Å². The van der Waals surface area contributed by atoms with Crippen molar-refractivity contribution in [3.05, 3.63) is 82.4 Å². The van der Waals surface area contributed by atoms with Crippen molar-refractivity contribution in [3.63, 3.8) is 0 Å². The van der Waals surface area contributed by atoms with Gasteiger partial charge in [0.25, 0.3) is 5.69 Å². The van der Waals surface area contributed by atoms with Gasteiger partial charge in [0.1, 0.15) is 5.82 Å². The maximum atomic E-state index is 13.2. The van der Waals surface area contributed by atoms with Crippen molar-refractivity contribution in [2.45, 2.75) is 6.54 Å². The van der Waals surface area contributed by atoms with E-state index >= 15 is 0 Å². The second-order valence-corrected chi connectivity index (χ2v) is 4.82. The van der Waals surface area contributed by atoms with E-state index in [1.54, 1.807) is 47.4 Å². The highest BCUT2D eigenvalue weighted by atomic mass is 19.1. The van der Waals surface area contributed by atoms with E-state index in [9.17, 15) is 14.5 Å². The lowest BCUT2D eigenvalue weighted by Crippen LogP contribution is -2.03. The molecule has 22 heavy (non-hydrogen) atoms. The van der Waals surface area contributed by atoms with E-state index in [1.165, 1.54) is 18.2 Å². The molecule has 0 spiro atoms. The van der Waals surface area contributed by atoms with Crippen LogP contribution in [0.5, 0.6) is 0 Å². The summed E-state index contributed by atoms with van der Waals surface area (Å²) >= 11 is 0. The molecule has 0 N–H and O–H groups in total. The second kappa shape index (κ2) is 5.77. The number of halogens is 1. The summed E-state index contributed by atoms with van der Waals surface area (Å²) < 4.78 is 14.8. The minimum absolute atomic E-state index is 0.0605. The van der Waals surface area contributed by atoms with Crippen LogP contribution in [-0.4, -0.2) is 14.7 Å². The predicted molar refractivity (Wildman–Crippen MR) is 79.8 cm³/mol. The fourth-order valence-electron chi connectivity index (χ4n) is 2.26. The number of nitro groups is 1. The molecule has 0 radical (unpaired) electrons. The van der Waals surface area contributed by atoms with E-state index in [0.717, 1.165) is 5.56 Å². The Labute approximate surface area is 125 Å². The summed E-state index contributed by atoms with van der Waals surface area (Å²) in [5, 5.41) is 15.2. The Morgan fingerprint density at radius 2 is 1.95 bits per heavy atom. The van der Waals surface area contributed by atoms with Gasteiger partial charge in [0.2, 0.25) is 0 Å². The number of benzene rings is 2. The molecule has 0 saturated heterocycles. The Bertz CT molecular complexity index is 830. The van der Waals surface area contributed by atoms with Crippen molar-refractivity contribution in [1.82, 2.24) is 9.78 Å². The van der Waals surface area contributed by atoms with Crippen molar-refractivity contribution in [2.75, 3.05) is 0 Å². The molecule has 3 rings (SSSR count). The van der Waals surface area contributed by atoms with Crippen molar-refractivity contribution in [1.29, 1.82) is 0 Å². The van der Waals surface area contributed by atoms with Crippen molar-refractivity contribution < 1.29 is 9.31 Å². The number of aromatic nitrogens is 2. The van der Waals surface area contributed by atoms with Crippen molar-refractivity contribution >= 4 is 5.69 Å². The zero-order chi connectivity index (χ0) is 15.5. The first-order chi connectivity index (χ1) is 10.6. The van der Waals surface area contributed by atoms with Gasteiger partial charge in [0.15, 0.2) is 0 Å². The van der Waals surface area contributed by atoms with Gasteiger partial charge in [-0.05, 0) is 17.7 Å². The number of rotatable bonds is 4. The Morgan fingerprint density at radius 1 is 1.14 bits per heavy atom. The average Bonchev–Trinajstić information content (AvgIpc) is 2.96. The van der Waals surface area contributed by atoms with Gasteiger partial charge in [0, 0.05) is 17.8 Å². The summed E-state index contributed by atoms with van der Waals surface area (Å²) in [4.78, 5) is 10.6. The summed E-state index contributed by atoms with van der Waals surface area (Å²) in [6.07, 6.45) is 3.36. The molecule has 0 fully saturated rings. The van der Waals surface area contributed by atoms with Crippen molar-refractivity contribution in [3.8, 4) is 11.1 Å². The molecule has 0 unspecified atom stereocenters. The molecule has 0 saturated carbocycles. The lowest BCUT2D eigenvalue weighted by Gasteiger charge is -2.03. The highest BCUT2D eigenvalue weighted by molar-refractivity contribution is 5.61. The van der Waals surface area contributed by atoms with Crippen LogP contribution in [0.2, 0.25) is 0 Å². The summed E-state index contributed by atoms with van der Waals surface area (Å²) in [6, 6.07) is 12.8. The van der Waals surface area contributed by atoms with Crippen LogP contribution in [0.15, 0.2) is 60.9 Å². The highest BCUT2D eigenvalue weighted by Crippen LogP contribution is 2.22. The second-order valence-electron chi connectivity index (χ2n) is 4.82. The Kier molecular flexibility index (Phi) is 3.65. The van der Waals surface area contributed by atoms with E-state index in [1.807, 2.05) is 0 Å². The SMILES string of the molecule is O=[N+]([O-])c1ccccc1Cn1cc(-c2cccc(F)c2)cn1. The Morgan fingerprint density at radius 3 is 2.73 bits per heavy atom. The highest BCUT2D eigenvalue weighted by Gasteiger charge is 2.13. The number of nitrogens with zero attached hydrogens (tertiary/aromatic N) is 3. The summed E-state index contributed by atoms with van der Waals surface area (Å²) in [7, 11) is 0. The zero-order valence-electron chi connectivity index (χ0n) is 11.5. The molecule has 1 aromatic heterocycles. The maximum Gasteiger partial charge on any atom is 0.274 e. The van der Waals surface area contributed by atoms with Gasteiger partial charge >= 0.3 is 0 Å². The molecule has 3 aromatic rings. The molecule has 0 bridgehead atoms. The normalized spacial score (nSPS) is 10.6. The van der Waals surface area contributed by atoms with Gasteiger partial charge in [-0.1, -0.05) is 30.3 Å². The molecule has 0 atom stereocenters. The fraction of sp³-hybridized carbons (Fsp3) is 0.0625. The molecule has 110 valence electrons. The Hall–Kier alpha value is -3.02. The summed E-state index contributed by atoms with van der Waals surface area (Å²) in [6.45, 7) is 0.284.